The van der Waals surface area contributed by atoms with Gasteiger partial charge in [0, 0.05) is 18.8 Å². The van der Waals surface area contributed by atoms with Crippen molar-refractivity contribution in [3.05, 3.63) is 36.0 Å². The molecule has 0 spiro atoms. The standard InChI is InChI=1S/C29H46O8/c1-17(15-24-28(36-24)20(4)21(5)30)9-8-10-18(2)27-19(3)11-12-25(35-22(6)31)29(7,34)14-13-23(32)16-26(33)37-27/h8-12,17,19-21,23-25,27-28,30,32,34H,13-16H2,1-7H3/b9-8+,12-11-,18-10+. The average molecular weight is 523 g/mol. The molecule has 8 heteroatoms. The Kier molecular flexibility index (Phi) is 11.6. The van der Waals surface area contributed by atoms with Gasteiger partial charge in [-0.2, -0.15) is 0 Å². The highest BCUT2D eigenvalue weighted by atomic mass is 16.6. The van der Waals surface area contributed by atoms with Gasteiger partial charge in [0.2, 0.25) is 0 Å². The van der Waals surface area contributed by atoms with Crippen LogP contribution in [0.2, 0.25) is 0 Å². The van der Waals surface area contributed by atoms with Crippen molar-refractivity contribution in [1.29, 1.82) is 0 Å². The van der Waals surface area contributed by atoms with Gasteiger partial charge in [0.25, 0.3) is 0 Å². The number of carbonyl (C=O) groups excluding carboxylic acids is 2. The van der Waals surface area contributed by atoms with Gasteiger partial charge in [-0.05, 0) is 57.6 Å². The Bertz CT molecular complexity index is 858. The number of esters is 2. The summed E-state index contributed by atoms with van der Waals surface area (Å²) in [6, 6.07) is 0. The molecule has 8 nitrogen and oxygen atoms in total. The summed E-state index contributed by atoms with van der Waals surface area (Å²) in [5.74, 6) is -0.936. The first-order valence-corrected chi connectivity index (χ1v) is 13.3. The molecule has 0 saturated carbocycles. The van der Waals surface area contributed by atoms with Gasteiger partial charge < -0.3 is 29.5 Å². The van der Waals surface area contributed by atoms with Crippen molar-refractivity contribution in [3.63, 3.8) is 0 Å². The van der Waals surface area contributed by atoms with E-state index in [-0.39, 0.29) is 49.2 Å². The fraction of sp³-hybridized carbons (Fsp3) is 0.724. The second-order valence-corrected chi connectivity index (χ2v) is 11.2. The van der Waals surface area contributed by atoms with Gasteiger partial charge in [0.15, 0.2) is 0 Å². The lowest BCUT2D eigenvalue weighted by atomic mass is 9.88. The van der Waals surface area contributed by atoms with Gasteiger partial charge in [-0.25, -0.2) is 0 Å². The summed E-state index contributed by atoms with van der Waals surface area (Å²) in [5, 5.41) is 31.0. The van der Waals surface area contributed by atoms with Crippen molar-refractivity contribution in [1.82, 2.24) is 0 Å². The van der Waals surface area contributed by atoms with E-state index in [0.717, 1.165) is 12.0 Å². The van der Waals surface area contributed by atoms with E-state index >= 15 is 0 Å². The lowest BCUT2D eigenvalue weighted by Crippen LogP contribution is -2.42. The summed E-state index contributed by atoms with van der Waals surface area (Å²) in [6.45, 7) is 12.5. The van der Waals surface area contributed by atoms with E-state index < -0.39 is 42.0 Å². The zero-order chi connectivity index (χ0) is 27.9. The number of allylic oxidation sites excluding steroid dienone is 3. The molecule has 2 rings (SSSR count). The summed E-state index contributed by atoms with van der Waals surface area (Å²) < 4.78 is 16.9. The quantitative estimate of drug-likeness (QED) is 0.191. The molecule has 0 bridgehead atoms. The van der Waals surface area contributed by atoms with Gasteiger partial charge in [-0.15, -0.1) is 0 Å². The van der Waals surface area contributed by atoms with Crippen molar-refractivity contribution in [2.45, 2.75) is 116 Å². The molecule has 10 unspecified atom stereocenters. The largest absolute Gasteiger partial charge is 0.457 e. The molecule has 0 aromatic heterocycles. The number of hydrogen-bond acceptors (Lipinski definition) is 8. The predicted molar refractivity (Wildman–Crippen MR) is 140 cm³/mol. The Balaban J connectivity index is 2.14. The number of ether oxygens (including phenoxy) is 3. The van der Waals surface area contributed by atoms with Crippen LogP contribution in [0.4, 0.5) is 0 Å². The maximum Gasteiger partial charge on any atom is 0.309 e. The van der Waals surface area contributed by atoms with Gasteiger partial charge in [-0.3, -0.25) is 9.59 Å². The first-order valence-electron chi connectivity index (χ1n) is 13.3. The third-order valence-electron chi connectivity index (χ3n) is 7.37. The molecule has 210 valence electrons. The number of rotatable bonds is 8. The highest BCUT2D eigenvalue weighted by molar-refractivity contribution is 5.70. The molecule has 0 aromatic carbocycles. The number of epoxide rings is 1. The van der Waals surface area contributed by atoms with Crippen molar-refractivity contribution in [2.24, 2.45) is 17.8 Å². The van der Waals surface area contributed by atoms with Crippen LogP contribution in [0, 0.1) is 17.8 Å². The van der Waals surface area contributed by atoms with Crippen molar-refractivity contribution < 1.29 is 39.1 Å². The average Bonchev–Trinajstić information content (AvgIpc) is 3.55. The Morgan fingerprint density at radius 1 is 1.27 bits per heavy atom. The first kappa shape index (κ1) is 31.2. The molecule has 0 aromatic rings. The summed E-state index contributed by atoms with van der Waals surface area (Å²) in [5.41, 5.74) is -0.581. The molecule has 0 aliphatic carbocycles. The lowest BCUT2D eigenvalue weighted by molar-refractivity contribution is -0.157. The van der Waals surface area contributed by atoms with Gasteiger partial charge in [0.05, 0.1) is 30.8 Å². The molecular weight excluding hydrogens is 476 g/mol. The SMILES string of the molecule is CC(=O)OC1/C=C\C(C)C(/C(C)=C/C=C/C(C)CC2OC2C(C)C(C)O)OC(=O)CC(O)CCC1(C)O. The van der Waals surface area contributed by atoms with Gasteiger partial charge >= 0.3 is 11.9 Å². The van der Waals surface area contributed by atoms with Gasteiger partial charge in [0.1, 0.15) is 17.8 Å². The van der Waals surface area contributed by atoms with E-state index in [2.05, 4.69) is 13.0 Å². The van der Waals surface area contributed by atoms with Gasteiger partial charge in [-0.1, -0.05) is 45.1 Å². The zero-order valence-corrected chi connectivity index (χ0v) is 23.3. The Morgan fingerprint density at radius 2 is 1.95 bits per heavy atom. The molecule has 2 heterocycles. The Morgan fingerprint density at radius 3 is 2.57 bits per heavy atom. The molecule has 1 fully saturated rings. The predicted octanol–water partition coefficient (Wildman–Crippen LogP) is 3.63. The molecule has 2 aliphatic heterocycles. The molecule has 0 radical (unpaired) electrons. The lowest BCUT2D eigenvalue weighted by Gasteiger charge is -2.32. The molecule has 1 saturated heterocycles. The summed E-state index contributed by atoms with van der Waals surface area (Å²) >= 11 is 0. The Hall–Kier alpha value is -2.00. The molecule has 2 aliphatic rings. The number of carbonyl (C=O) groups is 2. The molecule has 0 amide bonds. The van der Waals surface area contributed by atoms with Crippen LogP contribution in [0.15, 0.2) is 36.0 Å². The van der Waals surface area contributed by atoms with Crippen molar-refractivity contribution in [3.8, 4) is 0 Å². The first-order chi connectivity index (χ1) is 17.2. The minimum absolute atomic E-state index is 0.100. The number of cyclic esters (lactones) is 1. The van der Waals surface area contributed by atoms with Crippen LogP contribution in [0.3, 0.4) is 0 Å². The fourth-order valence-corrected chi connectivity index (χ4v) is 4.65. The van der Waals surface area contributed by atoms with Crippen molar-refractivity contribution in [2.75, 3.05) is 0 Å². The maximum absolute atomic E-state index is 12.6. The maximum atomic E-state index is 12.6. The minimum Gasteiger partial charge on any atom is -0.457 e. The zero-order valence-electron chi connectivity index (χ0n) is 23.3. The van der Waals surface area contributed by atoms with Crippen LogP contribution in [-0.2, 0) is 23.8 Å². The third-order valence-corrected chi connectivity index (χ3v) is 7.37. The van der Waals surface area contributed by atoms with E-state index in [4.69, 9.17) is 14.2 Å². The summed E-state index contributed by atoms with van der Waals surface area (Å²) in [4.78, 5) is 24.2. The Labute approximate surface area is 221 Å². The van der Waals surface area contributed by atoms with Crippen LogP contribution < -0.4 is 0 Å². The van der Waals surface area contributed by atoms with E-state index in [0.29, 0.717) is 0 Å². The third kappa shape index (κ3) is 10.0. The summed E-state index contributed by atoms with van der Waals surface area (Å²) in [7, 11) is 0. The van der Waals surface area contributed by atoms with Crippen LogP contribution in [0.5, 0.6) is 0 Å². The number of aliphatic hydroxyl groups excluding tert-OH is 2. The van der Waals surface area contributed by atoms with Crippen LogP contribution in [-0.4, -0.2) is 69.5 Å². The van der Waals surface area contributed by atoms with E-state index in [9.17, 15) is 24.9 Å². The molecule has 3 N–H and O–H groups in total. The normalized spacial score (nSPS) is 37.0. The van der Waals surface area contributed by atoms with Crippen LogP contribution >= 0.6 is 0 Å². The second-order valence-electron chi connectivity index (χ2n) is 11.2. The highest BCUT2D eigenvalue weighted by Crippen LogP contribution is 2.36. The number of hydrogen-bond donors (Lipinski definition) is 3. The number of aliphatic hydroxyl groups is 3. The topological polar surface area (TPSA) is 126 Å². The summed E-state index contributed by atoms with van der Waals surface area (Å²) in [6.07, 6.45) is 7.70. The van der Waals surface area contributed by atoms with Crippen LogP contribution in [0.25, 0.3) is 0 Å². The smallest absolute Gasteiger partial charge is 0.309 e. The van der Waals surface area contributed by atoms with Crippen molar-refractivity contribution >= 4 is 11.9 Å². The highest BCUT2D eigenvalue weighted by Gasteiger charge is 2.44. The van der Waals surface area contributed by atoms with Crippen LogP contribution in [0.1, 0.15) is 74.1 Å². The molecule has 37 heavy (non-hydrogen) atoms. The fourth-order valence-electron chi connectivity index (χ4n) is 4.65. The minimum atomic E-state index is -1.40. The van der Waals surface area contributed by atoms with E-state index in [1.807, 2.05) is 32.9 Å². The monoisotopic (exact) mass is 522 g/mol. The molecule has 10 atom stereocenters. The molecular formula is C29H46O8. The van der Waals surface area contributed by atoms with E-state index in [1.54, 1.807) is 26.0 Å². The van der Waals surface area contributed by atoms with E-state index in [1.165, 1.54) is 6.92 Å². The second kappa shape index (κ2) is 13.7.